The Hall–Kier alpha value is -1.20. The lowest BCUT2D eigenvalue weighted by atomic mass is 9.85. The molecular formula is C11H16F3N3. The van der Waals surface area contributed by atoms with Crippen molar-refractivity contribution in [3.05, 3.63) is 12.3 Å². The molecule has 1 saturated carbocycles. The van der Waals surface area contributed by atoms with Gasteiger partial charge in [0.1, 0.15) is 5.82 Å². The van der Waals surface area contributed by atoms with E-state index in [1.54, 1.807) is 24.0 Å². The van der Waals surface area contributed by atoms with Crippen LogP contribution in [0.4, 0.5) is 19.0 Å². The fraction of sp³-hybridized carbons (Fsp3) is 0.727. The first-order valence-electron chi connectivity index (χ1n) is 5.78. The van der Waals surface area contributed by atoms with E-state index in [0.29, 0.717) is 12.2 Å². The molecule has 0 aliphatic heterocycles. The number of alkyl halides is 3. The molecule has 6 heteroatoms. The first-order valence-corrected chi connectivity index (χ1v) is 5.78. The van der Waals surface area contributed by atoms with E-state index in [1.807, 2.05) is 0 Å². The van der Waals surface area contributed by atoms with E-state index in [4.69, 9.17) is 0 Å². The molecule has 2 unspecified atom stereocenters. The van der Waals surface area contributed by atoms with E-state index in [9.17, 15) is 13.2 Å². The number of rotatable bonds is 2. The van der Waals surface area contributed by atoms with Crippen LogP contribution in [0.25, 0.3) is 0 Å². The molecule has 0 amide bonds. The minimum Gasteiger partial charge on any atom is -0.366 e. The van der Waals surface area contributed by atoms with Crippen molar-refractivity contribution >= 4 is 5.82 Å². The number of hydrogen-bond donors (Lipinski definition) is 1. The van der Waals surface area contributed by atoms with Gasteiger partial charge in [-0.1, -0.05) is 6.42 Å². The molecule has 1 aliphatic rings. The summed E-state index contributed by atoms with van der Waals surface area (Å²) >= 11 is 0. The maximum Gasteiger partial charge on any atom is 0.391 e. The molecule has 17 heavy (non-hydrogen) atoms. The lowest BCUT2D eigenvalue weighted by molar-refractivity contribution is -0.182. The van der Waals surface area contributed by atoms with Gasteiger partial charge in [-0.05, 0) is 19.3 Å². The second-order valence-electron chi connectivity index (χ2n) is 4.62. The van der Waals surface area contributed by atoms with Crippen molar-refractivity contribution < 1.29 is 13.2 Å². The van der Waals surface area contributed by atoms with Crippen molar-refractivity contribution in [3.8, 4) is 0 Å². The number of aryl methyl sites for hydroxylation is 1. The fourth-order valence-electron chi connectivity index (χ4n) is 2.32. The van der Waals surface area contributed by atoms with Crippen LogP contribution in [-0.4, -0.2) is 22.0 Å². The molecular weight excluding hydrogens is 231 g/mol. The van der Waals surface area contributed by atoms with E-state index < -0.39 is 12.1 Å². The summed E-state index contributed by atoms with van der Waals surface area (Å²) in [4.78, 5) is 0. The van der Waals surface area contributed by atoms with E-state index in [2.05, 4.69) is 10.4 Å². The Labute approximate surface area is 98.0 Å². The number of nitrogens with zero attached hydrogens (tertiary/aromatic N) is 2. The van der Waals surface area contributed by atoms with E-state index in [1.165, 1.54) is 0 Å². The second kappa shape index (κ2) is 4.58. The van der Waals surface area contributed by atoms with Gasteiger partial charge in [0, 0.05) is 25.4 Å². The topological polar surface area (TPSA) is 29.9 Å². The predicted octanol–water partition coefficient (Wildman–Crippen LogP) is 2.95. The minimum atomic E-state index is -4.07. The van der Waals surface area contributed by atoms with Crippen molar-refractivity contribution in [1.29, 1.82) is 0 Å². The maximum absolute atomic E-state index is 12.6. The summed E-state index contributed by atoms with van der Waals surface area (Å²) in [5, 5.41) is 7.19. The summed E-state index contributed by atoms with van der Waals surface area (Å²) in [6.45, 7) is 0. The summed E-state index contributed by atoms with van der Waals surface area (Å²) < 4.78 is 39.5. The maximum atomic E-state index is 12.6. The molecule has 1 aromatic rings. The molecule has 0 bridgehead atoms. The molecule has 1 fully saturated rings. The average molecular weight is 247 g/mol. The highest BCUT2D eigenvalue weighted by atomic mass is 19.4. The van der Waals surface area contributed by atoms with Gasteiger partial charge in [0.15, 0.2) is 0 Å². The normalized spacial score (nSPS) is 25.9. The van der Waals surface area contributed by atoms with Crippen molar-refractivity contribution in [2.45, 2.75) is 37.9 Å². The summed E-state index contributed by atoms with van der Waals surface area (Å²) in [5.41, 5.74) is 0. The Kier molecular flexibility index (Phi) is 3.31. The van der Waals surface area contributed by atoms with Crippen LogP contribution in [0.5, 0.6) is 0 Å². The number of halogens is 3. The summed E-state index contributed by atoms with van der Waals surface area (Å²) in [6.07, 6.45) is -0.487. The van der Waals surface area contributed by atoms with Gasteiger partial charge < -0.3 is 5.32 Å². The van der Waals surface area contributed by atoms with E-state index >= 15 is 0 Å². The standard InChI is InChI=1S/C11H16F3N3/c1-17-6-5-10(16-17)15-9-4-2-3-8(7-9)11(12,13)14/h5-6,8-9H,2-4,7H2,1H3,(H,15,16). The zero-order chi connectivity index (χ0) is 12.5. The fourth-order valence-corrected chi connectivity index (χ4v) is 2.32. The summed E-state index contributed by atoms with van der Waals surface area (Å²) in [6, 6.07) is 1.65. The molecule has 96 valence electrons. The Morgan fingerprint density at radius 2 is 2.18 bits per heavy atom. The zero-order valence-corrected chi connectivity index (χ0v) is 9.67. The highest BCUT2D eigenvalue weighted by Crippen LogP contribution is 2.38. The molecule has 2 rings (SSSR count). The Morgan fingerprint density at radius 1 is 1.41 bits per heavy atom. The molecule has 1 aromatic heterocycles. The highest BCUT2D eigenvalue weighted by molar-refractivity contribution is 5.33. The lowest BCUT2D eigenvalue weighted by Crippen LogP contribution is -2.34. The van der Waals surface area contributed by atoms with Crippen LogP contribution in [0, 0.1) is 5.92 Å². The monoisotopic (exact) mass is 247 g/mol. The van der Waals surface area contributed by atoms with Crippen molar-refractivity contribution in [2.24, 2.45) is 13.0 Å². The molecule has 0 spiro atoms. The van der Waals surface area contributed by atoms with Gasteiger partial charge >= 0.3 is 6.18 Å². The molecule has 1 N–H and O–H groups in total. The molecule has 1 heterocycles. The molecule has 3 nitrogen and oxygen atoms in total. The van der Waals surface area contributed by atoms with Gasteiger partial charge in [0.05, 0.1) is 5.92 Å². The average Bonchev–Trinajstić information content (AvgIpc) is 2.63. The molecule has 0 aromatic carbocycles. The van der Waals surface area contributed by atoms with Crippen LogP contribution in [-0.2, 0) is 7.05 Å². The second-order valence-corrected chi connectivity index (χ2v) is 4.62. The quantitative estimate of drug-likeness (QED) is 0.870. The van der Waals surface area contributed by atoms with Crippen LogP contribution < -0.4 is 5.32 Å². The Bertz CT molecular complexity index is 372. The minimum absolute atomic E-state index is 0.120. The Morgan fingerprint density at radius 3 is 2.76 bits per heavy atom. The first-order chi connectivity index (χ1) is 7.95. The largest absolute Gasteiger partial charge is 0.391 e. The van der Waals surface area contributed by atoms with Gasteiger partial charge in [-0.2, -0.15) is 18.3 Å². The predicted molar refractivity (Wildman–Crippen MR) is 58.6 cm³/mol. The Balaban J connectivity index is 1.94. The first kappa shape index (κ1) is 12.3. The van der Waals surface area contributed by atoms with Crippen LogP contribution in [0.1, 0.15) is 25.7 Å². The SMILES string of the molecule is Cn1ccc(NC2CCCC(C(F)(F)F)C2)n1. The number of nitrogens with one attached hydrogen (secondary N) is 1. The van der Waals surface area contributed by atoms with Crippen LogP contribution in [0.15, 0.2) is 12.3 Å². The van der Waals surface area contributed by atoms with Gasteiger partial charge in [-0.15, -0.1) is 0 Å². The number of hydrogen-bond acceptors (Lipinski definition) is 2. The third-order valence-corrected chi connectivity index (χ3v) is 3.20. The van der Waals surface area contributed by atoms with Gasteiger partial charge in [-0.25, -0.2) is 0 Å². The van der Waals surface area contributed by atoms with Gasteiger partial charge in [0.2, 0.25) is 0 Å². The van der Waals surface area contributed by atoms with Crippen LogP contribution in [0.3, 0.4) is 0 Å². The molecule has 0 saturated heterocycles. The summed E-state index contributed by atoms with van der Waals surface area (Å²) in [7, 11) is 1.78. The molecule has 2 atom stereocenters. The van der Waals surface area contributed by atoms with Gasteiger partial charge in [0.25, 0.3) is 0 Å². The van der Waals surface area contributed by atoms with E-state index in [0.717, 1.165) is 6.42 Å². The third-order valence-electron chi connectivity index (χ3n) is 3.20. The lowest BCUT2D eigenvalue weighted by Gasteiger charge is -2.30. The highest BCUT2D eigenvalue weighted by Gasteiger charge is 2.42. The number of aromatic nitrogens is 2. The smallest absolute Gasteiger partial charge is 0.366 e. The summed E-state index contributed by atoms with van der Waals surface area (Å²) in [5.74, 6) is -0.516. The van der Waals surface area contributed by atoms with Crippen molar-refractivity contribution in [2.75, 3.05) is 5.32 Å². The van der Waals surface area contributed by atoms with E-state index in [-0.39, 0.29) is 18.9 Å². The zero-order valence-electron chi connectivity index (χ0n) is 9.67. The molecule has 1 aliphatic carbocycles. The van der Waals surface area contributed by atoms with Crippen molar-refractivity contribution in [1.82, 2.24) is 9.78 Å². The van der Waals surface area contributed by atoms with Gasteiger partial charge in [-0.3, -0.25) is 4.68 Å². The number of anilines is 1. The van der Waals surface area contributed by atoms with Crippen LogP contribution >= 0.6 is 0 Å². The molecule has 0 radical (unpaired) electrons. The van der Waals surface area contributed by atoms with Crippen molar-refractivity contribution in [3.63, 3.8) is 0 Å². The third kappa shape index (κ3) is 3.14. The van der Waals surface area contributed by atoms with Crippen LogP contribution in [0.2, 0.25) is 0 Å².